The van der Waals surface area contributed by atoms with E-state index in [1.165, 1.54) is 55.6 Å². The van der Waals surface area contributed by atoms with Gasteiger partial charge in [-0.05, 0) is 48.0 Å². The third-order valence-electron chi connectivity index (χ3n) is 3.42. The molecule has 0 bridgehead atoms. The summed E-state index contributed by atoms with van der Waals surface area (Å²) in [6, 6.07) is 10.1. The number of hydrogen-bond acceptors (Lipinski definition) is 3. The maximum Gasteiger partial charge on any atom is 0.573 e. The van der Waals surface area contributed by atoms with Crippen molar-refractivity contribution in [1.29, 1.82) is 0 Å². The number of hydrogen-bond donors (Lipinski definition) is 1. The lowest BCUT2D eigenvalue weighted by Crippen LogP contribution is -2.33. The van der Waals surface area contributed by atoms with Crippen LogP contribution in [-0.4, -0.2) is 36.7 Å². The minimum Gasteiger partial charge on any atom is -0.406 e. The molecule has 2 rings (SSSR count). The van der Waals surface area contributed by atoms with Crippen LogP contribution < -0.4 is 10.1 Å². The number of benzene rings is 2. The van der Waals surface area contributed by atoms with Gasteiger partial charge in [0.05, 0.1) is 6.54 Å². The number of halogens is 4. The van der Waals surface area contributed by atoms with Gasteiger partial charge in [-0.2, -0.15) is 0 Å². The molecule has 2 aromatic carbocycles. The van der Waals surface area contributed by atoms with E-state index >= 15 is 0 Å². The summed E-state index contributed by atoms with van der Waals surface area (Å²) in [5.74, 6) is -1.79. The highest BCUT2D eigenvalue weighted by molar-refractivity contribution is 5.97. The van der Waals surface area contributed by atoms with Crippen molar-refractivity contribution in [2.75, 3.05) is 18.9 Å². The van der Waals surface area contributed by atoms with Crippen molar-refractivity contribution in [1.82, 2.24) is 4.90 Å². The number of nitrogens with one attached hydrogen (secondary N) is 1. The molecule has 0 unspecified atom stereocenters. The molecule has 0 saturated carbocycles. The first-order valence-electron chi connectivity index (χ1n) is 7.97. The highest BCUT2D eigenvalue weighted by Crippen LogP contribution is 2.23. The van der Waals surface area contributed by atoms with Crippen LogP contribution in [0.25, 0.3) is 6.08 Å². The summed E-state index contributed by atoms with van der Waals surface area (Å²) in [6.07, 6.45) is -2.07. The van der Waals surface area contributed by atoms with Gasteiger partial charge in [0.2, 0.25) is 11.8 Å². The van der Waals surface area contributed by atoms with Crippen molar-refractivity contribution >= 4 is 23.6 Å². The summed E-state index contributed by atoms with van der Waals surface area (Å²) in [5.41, 5.74) is 0.871. The Morgan fingerprint density at radius 3 is 2.25 bits per heavy atom. The molecule has 2 aromatic rings. The Kier molecular flexibility index (Phi) is 6.75. The molecule has 0 atom stereocenters. The second-order valence-electron chi connectivity index (χ2n) is 5.70. The standard InChI is InChI=1S/C19H16F4N2O3/c1-25(18(27)11-4-13-2-5-14(20)6-3-13)12-17(26)24-15-7-9-16(10-8-15)28-19(21,22)23/h2-11H,12H2,1H3,(H,24,26)/b11-4+. The fraction of sp³-hybridized carbons (Fsp3) is 0.158. The van der Waals surface area contributed by atoms with Gasteiger partial charge in [-0.1, -0.05) is 12.1 Å². The highest BCUT2D eigenvalue weighted by atomic mass is 19.4. The highest BCUT2D eigenvalue weighted by Gasteiger charge is 2.30. The molecule has 2 amide bonds. The zero-order chi connectivity index (χ0) is 20.7. The molecule has 0 aliphatic rings. The first-order valence-corrected chi connectivity index (χ1v) is 7.97. The van der Waals surface area contributed by atoms with Crippen LogP contribution in [-0.2, 0) is 9.59 Å². The molecule has 0 aliphatic heterocycles. The summed E-state index contributed by atoms with van der Waals surface area (Å²) in [5, 5.41) is 2.46. The van der Waals surface area contributed by atoms with Crippen LogP contribution in [0.2, 0.25) is 0 Å². The number of carbonyl (C=O) groups is 2. The van der Waals surface area contributed by atoms with Gasteiger partial charge in [-0.3, -0.25) is 9.59 Å². The molecule has 0 spiro atoms. The number of nitrogens with zero attached hydrogens (tertiary/aromatic N) is 1. The fourth-order valence-electron chi connectivity index (χ4n) is 2.10. The Morgan fingerprint density at radius 1 is 1.07 bits per heavy atom. The minimum absolute atomic E-state index is 0.252. The van der Waals surface area contributed by atoms with Crippen molar-refractivity contribution in [2.45, 2.75) is 6.36 Å². The number of carbonyl (C=O) groups excluding carboxylic acids is 2. The normalized spacial score (nSPS) is 11.3. The molecule has 9 heteroatoms. The van der Waals surface area contributed by atoms with Crippen molar-refractivity contribution in [2.24, 2.45) is 0 Å². The van der Waals surface area contributed by atoms with Crippen LogP contribution >= 0.6 is 0 Å². The number of alkyl halides is 3. The van der Waals surface area contributed by atoms with Crippen LogP contribution in [0.1, 0.15) is 5.56 Å². The number of rotatable bonds is 6. The molecule has 28 heavy (non-hydrogen) atoms. The smallest absolute Gasteiger partial charge is 0.406 e. The Morgan fingerprint density at radius 2 is 1.68 bits per heavy atom. The van der Waals surface area contributed by atoms with Gasteiger partial charge in [0.15, 0.2) is 0 Å². The van der Waals surface area contributed by atoms with Crippen molar-refractivity contribution in [3.63, 3.8) is 0 Å². The van der Waals surface area contributed by atoms with Gasteiger partial charge < -0.3 is 15.0 Å². The third kappa shape index (κ3) is 7.10. The molecule has 0 saturated heterocycles. The number of likely N-dealkylation sites (N-methyl/N-ethyl adjacent to an activating group) is 1. The summed E-state index contributed by atoms with van der Waals surface area (Å²) >= 11 is 0. The lowest BCUT2D eigenvalue weighted by atomic mass is 10.2. The first-order chi connectivity index (χ1) is 13.1. The Balaban J connectivity index is 1.86. The summed E-state index contributed by atoms with van der Waals surface area (Å²) in [7, 11) is 1.41. The van der Waals surface area contributed by atoms with Crippen LogP contribution in [0.5, 0.6) is 5.75 Å². The van der Waals surface area contributed by atoms with E-state index in [4.69, 9.17) is 0 Å². The summed E-state index contributed by atoms with van der Waals surface area (Å²) in [4.78, 5) is 25.1. The number of amides is 2. The van der Waals surface area contributed by atoms with Crippen molar-refractivity contribution in [3.05, 3.63) is 66.0 Å². The van der Waals surface area contributed by atoms with E-state index in [2.05, 4.69) is 10.1 Å². The molecule has 0 aliphatic carbocycles. The molecule has 5 nitrogen and oxygen atoms in total. The first kappa shape index (κ1) is 20.9. The topological polar surface area (TPSA) is 58.6 Å². The zero-order valence-electron chi connectivity index (χ0n) is 14.7. The fourth-order valence-corrected chi connectivity index (χ4v) is 2.10. The third-order valence-corrected chi connectivity index (χ3v) is 3.42. The lowest BCUT2D eigenvalue weighted by Gasteiger charge is -2.15. The van der Waals surface area contributed by atoms with Gasteiger partial charge in [-0.15, -0.1) is 13.2 Å². The van der Waals surface area contributed by atoms with Gasteiger partial charge in [0.25, 0.3) is 0 Å². The molecule has 1 N–H and O–H groups in total. The van der Waals surface area contributed by atoms with Gasteiger partial charge in [0, 0.05) is 18.8 Å². The van der Waals surface area contributed by atoms with Crippen LogP contribution in [0.15, 0.2) is 54.6 Å². The maximum atomic E-state index is 12.8. The van der Waals surface area contributed by atoms with E-state index in [-0.39, 0.29) is 12.2 Å². The maximum absolute atomic E-state index is 12.8. The Bertz CT molecular complexity index is 847. The van der Waals surface area contributed by atoms with E-state index in [1.807, 2.05) is 0 Å². The molecule has 148 valence electrons. The van der Waals surface area contributed by atoms with Crippen LogP contribution in [0.4, 0.5) is 23.2 Å². The van der Waals surface area contributed by atoms with Gasteiger partial charge in [0.1, 0.15) is 11.6 Å². The molecule has 0 aromatic heterocycles. The van der Waals surface area contributed by atoms with Gasteiger partial charge >= 0.3 is 6.36 Å². The minimum atomic E-state index is -4.80. The summed E-state index contributed by atoms with van der Waals surface area (Å²) < 4.78 is 52.9. The van der Waals surface area contributed by atoms with Crippen molar-refractivity contribution in [3.8, 4) is 5.75 Å². The van der Waals surface area contributed by atoms with E-state index in [0.29, 0.717) is 5.56 Å². The van der Waals surface area contributed by atoms with Crippen LogP contribution in [0, 0.1) is 5.82 Å². The van der Waals surface area contributed by atoms with E-state index in [1.54, 1.807) is 0 Å². The predicted octanol–water partition coefficient (Wildman–Crippen LogP) is 3.83. The monoisotopic (exact) mass is 396 g/mol. The molecule has 0 heterocycles. The average Bonchev–Trinajstić information content (AvgIpc) is 2.61. The average molecular weight is 396 g/mol. The second kappa shape index (κ2) is 9.03. The Labute approximate surface area is 158 Å². The van der Waals surface area contributed by atoms with Crippen LogP contribution in [0.3, 0.4) is 0 Å². The number of anilines is 1. The number of ether oxygens (including phenoxy) is 1. The quantitative estimate of drug-likeness (QED) is 0.596. The predicted molar refractivity (Wildman–Crippen MR) is 94.8 cm³/mol. The summed E-state index contributed by atoms with van der Waals surface area (Å²) in [6.45, 7) is -0.270. The molecular weight excluding hydrogens is 380 g/mol. The zero-order valence-corrected chi connectivity index (χ0v) is 14.7. The van der Waals surface area contributed by atoms with Gasteiger partial charge in [-0.25, -0.2) is 4.39 Å². The van der Waals surface area contributed by atoms with E-state index < -0.39 is 29.7 Å². The van der Waals surface area contributed by atoms with E-state index in [0.717, 1.165) is 17.0 Å². The van der Waals surface area contributed by atoms with E-state index in [9.17, 15) is 27.2 Å². The second-order valence-corrected chi connectivity index (χ2v) is 5.70. The lowest BCUT2D eigenvalue weighted by molar-refractivity contribution is -0.274. The Hall–Kier alpha value is -3.36. The molecular formula is C19H16F4N2O3. The molecule has 0 fully saturated rings. The molecule has 0 radical (unpaired) electrons. The SMILES string of the molecule is CN(CC(=O)Nc1ccc(OC(F)(F)F)cc1)C(=O)/C=C/c1ccc(F)cc1. The largest absolute Gasteiger partial charge is 0.573 e. The van der Waals surface area contributed by atoms with Crippen molar-refractivity contribution < 1.29 is 31.9 Å².